The van der Waals surface area contributed by atoms with Crippen LogP contribution >= 0.6 is 0 Å². The van der Waals surface area contributed by atoms with Crippen molar-refractivity contribution in [3.05, 3.63) is 89.9 Å². The fourth-order valence-electron chi connectivity index (χ4n) is 3.54. The molecule has 0 saturated carbocycles. The highest BCUT2D eigenvalue weighted by Crippen LogP contribution is 2.29. The number of amides is 1. The maximum absolute atomic E-state index is 12.5. The van der Waals surface area contributed by atoms with Gasteiger partial charge in [0.15, 0.2) is 0 Å². The summed E-state index contributed by atoms with van der Waals surface area (Å²) in [4.78, 5) is 20.0. The van der Waals surface area contributed by atoms with Crippen molar-refractivity contribution in [1.82, 2.24) is 9.97 Å². The molecule has 0 aliphatic heterocycles. The van der Waals surface area contributed by atoms with E-state index in [1.807, 2.05) is 36.4 Å². The van der Waals surface area contributed by atoms with Gasteiger partial charge in [-0.25, -0.2) is 0 Å². The number of pyridine rings is 1. The van der Waals surface area contributed by atoms with Gasteiger partial charge in [0.2, 0.25) is 5.91 Å². The van der Waals surface area contributed by atoms with Crippen LogP contribution in [0, 0.1) is 0 Å². The number of rotatable bonds is 7. The van der Waals surface area contributed by atoms with Crippen molar-refractivity contribution in [2.24, 2.45) is 0 Å². The summed E-state index contributed by atoms with van der Waals surface area (Å²) >= 11 is 0. The summed E-state index contributed by atoms with van der Waals surface area (Å²) in [5.74, 6) is 0.796. The van der Waals surface area contributed by atoms with Crippen LogP contribution in [0.2, 0.25) is 0 Å². The average molecular weight is 385 g/mol. The van der Waals surface area contributed by atoms with Gasteiger partial charge in [-0.2, -0.15) is 0 Å². The van der Waals surface area contributed by atoms with Gasteiger partial charge in [0.25, 0.3) is 0 Å². The molecule has 2 aromatic carbocycles. The third-order valence-corrected chi connectivity index (χ3v) is 4.99. The molecule has 4 aromatic rings. The molecule has 0 aliphatic rings. The second-order valence-corrected chi connectivity index (χ2v) is 6.94. The molecule has 0 fully saturated rings. The van der Waals surface area contributed by atoms with Crippen LogP contribution in [-0.4, -0.2) is 23.0 Å². The fraction of sp³-hybridized carbons (Fsp3) is 0.167. The van der Waals surface area contributed by atoms with Crippen LogP contribution < -0.4 is 10.1 Å². The van der Waals surface area contributed by atoms with Crippen LogP contribution in [0.25, 0.3) is 10.9 Å². The lowest BCUT2D eigenvalue weighted by Gasteiger charge is -2.08. The Balaban J connectivity index is 1.59. The molecule has 5 nitrogen and oxygen atoms in total. The van der Waals surface area contributed by atoms with E-state index in [1.54, 1.807) is 31.6 Å². The normalized spacial score (nSPS) is 10.8. The Morgan fingerprint density at radius 1 is 1.07 bits per heavy atom. The van der Waals surface area contributed by atoms with Gasteiger partial charge < -0.3 is 15.0 Å². The fourth-order valence-corrected chi connectivity index (χ4v) is 3.54. The lowest BCUT2D eigenvalue weighted by atomic mass is 10.0. The smallest absolute Gasteiger partial charge is 0.224 e. The summed E-state index contributed by atoms with van der Waals surface area (Å²) in [6.45, 7) is 0. The lowest BCUT2D eigenvalue weighted by Crippen LogP contribution is -2.12. The number of methoxy groups -OCH3 is 1. The summed E-state index contributed by atoms with van der Waals surface area (Å²) in [5, 5.41) is 4.03. The summed E-state index contributed by atoms with van der Waals surface area (Å²) in [6.07, 6.45) is 5.17. The molecule has 0 bridgehead atoms. The predicted molar refractivity (Wildman–Crippen MR) is 115 cm³/mol. The number of anilines is 1. The SMILES string of the molecule is COc1ccc2[nH]c(Cc3ccccc3)c(CCC(=O)Nc3ccncc3)c2c1. The first kappa shape index (κ1) is 18.7. The van der Waals surface area contributed by atoms with Crippen LogP contribution in [0.15, 0.2) is 73.1 Å². The number of hydrogen-bond acceptors (Lipinski definition) is 3. The number of aryl methyl sites for hydroxylation is 1. The average Bonchev–Trinajstić information content (AvgIpc) is 3.09. The van der Waals surface area contributed by atoms with Crippen molar-refractivity contribution in [2.45, 2.75) is 19.3 Å². The van der Waals surface area contributed by atoms with Gasteiger partial charge in [-0.15, -0.1) is 0 Å². The Hall–Kier alpha value is -3.60. The Bertz CT molecular complexity index is 1110. The zero-order valence-corrected chi connectivity index (χ0v) is 16.3. The van der Waals surface area contributed by atoms with E-state index in [9.17, 15) is 4.79 Å². The molecule has 0 radical (unpaired) electrons. The van der Waals surface area contributed by atoms with E-state index in [2.05, 4.69) is 27.4 Å². The Morgan fingerprint density at radius 2 is 1.86 bits per heavy atom. The third kappa shape index (κ3) is 4.46. The van der Waals surface area contributed by atoms with Crippen LogP contribution in [0.4, 0.5) is 5.69 Å². The van der Waals surface area contributed by atoms with Gasteiger partial charge in [-0.1, -0.05) is 30.3 Å². The van der Waals surface area contributed by atoms with E-state index in [4.69, 9.17) is 4.74 Å². The van der Waals surface area contributed by atoms with Crippen molar-refractivity contribution >= 4 is 22.5 Å². The van der Waals surface area contributed by atoms with Crippen LogP contribution in [0.3, 0.4) is 0 Å². The molecule has 2 heterocycles. The highest BCUT2D eigenvalue weighted by molar-refractivity contribution is 5.92. The largest absolute Gasteiger partial charge is 0.497 e. The van der Waals surface area contributed by atoms with E-state index in [1.165, 1.54) is 5.56 Å². The minimum atomic E-state index is -0.0147. The first-order valence-electron chi connectivity index (χ1n) is 9.64. The number of carbonyl (C=O) groups is 1. The highest BCUT2D eigenvalue weighted by atomic mass is 16.5. The number of aromatic amines is 1. The standard InChI is InChI=1S/C24H23N3O2/c1-29-19-7-9-22-21(16-19)20(23(27-22)15-17-5-3-2-4-6-17)8-10-24(28)26-18-11-13-25-14-12-18/h2-7,9,11-14,16,27H,8,10,15H2,1H3,(H,25,26,28). The van der Waals surface area contributed by atoms with Crippen molar-refractivity contribution in [1.29, 1.82) is 0 Å². The number of H-pyrrole nitrogens is 1. The molecule has 0 spiro atoms. The molecule has 0 saturated heterocycles. The molecular formula is C24H23N3O2. The first-order chi connectivity index (χ1) is 14.2. The van der Waals surface area contributed by atoms with E-state index in [0.29, 0.717) is 12.8 Å². The van der Waals surface area contributed by atoms with Crippen LogP contribution in [-0.2, 0) is 17.6 Å². The summed E-state index contributed by atoms with van der Waals surface area (Å²) in [5.41, 5.74) is 5.34. The van der Waals surface area contributed by atoms with Gasteiger partial charge >= 0.3 is 0 Å². The number of benzene rings is 2. The number of ether oxygens (including phenoxy) is 1. The molecule has 0 unspecified atom stereocenters. The van der Waals surface area contributed by atoms with Crippen molar-refractivity contribution < 1.29 is 9.53 Å². The van der Waals surface area contributed by atoms with E-state index in [-0.39, 0.29) is 5.91 Å². The Morgan fingerprint density at radius 3 is 2.62 bits per heavy atom. The van der Waals surface area contributed by atoms with Gasteiger partial charge in [-0.3, -0.25) is 9.78 Å². The molecule has 2 N–H and O–H groups in total. The molecular weight excluding hydrogens is 362 g/mol. The monoisotopic (exact) mass is 385 g/mol. The number of aromatic nitrogens is 2. The number of hydrogen-bond donors (Lipinski definition) is 2. The second kappa shape index (κ2) is 8.61. The zero-order chi connectivity index (χ0) is 20.1. The number of nitrogens with zero attached hydrogens (tertiary/aromatic N) is 1. The summed E-state index contributed by atoms with van der Waals surface area (Å²) < 4.78 is 5.41. The molecule has 146 valence electrons. The predicted octanol–water partition coefficient (Wildman–Crippen LogP) is 4.73. The molecule has 4 rings (SSSR count). The first-order valence-corrected chi connectivity index (χ1v) is 9.64. The quantitative estimate of drug-likeness (QED) is 0.483. The summed E-state index contributed by atoms with van der Waals surface area (Å²) in [7, 11) is 1.67. The molecule has 2 aromatic heterocycles. The van der Waals surface area contributed by atoms with E-state index >= 15 is 0 Å². The zero-order valence-electron chi connectivity index (χ0n) is 16.3. The number of fused-ring (bicyclic) bond motifs is 1. The van der Waals surface area contributed by atoms with Crippen LogP contribution in [0.1, 0.15) is 23.2 Å². The maximum Gasteiger partial charge on any atom is 0.224 e. The molecule has 1 amide bonds. The Kier molecular flexibility index (Phi) is 5.56. The molecule has 29 heavy (non-hydrogen) atoms. The van der Waals surface area contributed by atoms with Gasteiger partial charge in [0, 0.05) is 47.5 Å². The Labute approximate surface area is 169 Å². The van der Waals surface area contributed by atoms with Crippen molar-refractivity contribution in [3.63, 3.8) is 0 Å². The topological polar surface area (TPSA) is 67.0 Å². The molecule has 0 atom stereocenters. The van der Waals surface area contributed by atoms with Crippen LogP contribution in [0.5, 0.6) is 5.75 Å². The van der Waals surface area contributed by atoms with Gasteiger partial charge in [0.05, 0.1) is 7.11 Å². The second-order valence-electron chi connectivity index (χ2n) is 6.94. The molecule has 0 aliphatic carbocycles. The van der Waals surface area contributed by atoms with Crippen molar-refractivity contribution in [3.8, 4) is 5.75 Å². The number of carbonyl (C=O) groups excluding carboxylic acids is 1. The highest BCUT2D eigenvalue weighted by Gasteiger charge is 2.14. The minimum absolute atomic E-state index is 0.0147. The van der Waals surface area contributed by atoms with Gasteiger partial charge in [0.1, 0.15) is 5.75 Å². The minimum Gasteiger partial charge on any atom is -0.497 e. The van der Waals surface area contributed by atoms with E-state index in [0.717, 1.165) is 40.0 Å². The summed E-state index contributed by atoms with van der Waals surface area (Å²) in [6, 6.07) is 19.9. The maximum atomic E-state index is 12.5. The van der Waals surface area contributed by atoms with Crippen molar-refractivity contribution in [2.75, 3.05) is 12.4 Å². The molecule has 5 heteroatoms. The van der Waals surface area contributed by atoms with Gasteiger partial charge in [-0.05, 0) is 47.9 Å². The lowest BCUT2D eigenvalue weighted by molar-refractivity contribution is -0.116. The number of nitrogens with one attached hydrogen (secondary N) is 2. The third-order valence-electron chi connectivity index (χ3n) is 4.99. The van der Waals surface area contributed by atoms with E-state index < -0.39 is 0 Å².